The van der Waals surface area contributed by atoms with Crippen molar-refractivity contribution in [2.75, 3.05) is 6.54 Å². The van der Waals surface area contributed by atoms with Crippen molar-refractivity contribution >= 4 is 0 Å². The highest BCUT2D eigenvalue weighted by Crippen LogP contribution is 2.15. The van der Waals surface area contributed by atoms with Gasteiger partial charge in [0.2, 0.25) is 0 Å². The van der Waals surface area contributed by atoms with E-state index in [1.807, 2.05) is 18.7 Å². The maximum absolute atomic E-state index is 5.46. The first kappa shape index (κ1) is 10.8. The summed E-state index contributed by atoms with van der Waals surface area (Å²) in [4.78, 5) is 4.13. The van der Waals surface area contributed by atoms with Gasteiger partial charge in [0.15, 0.2) is 0 Å². The summed E-state index contributed by atoms with van der Waals surface area (Å²) in [5.74, 6) is 0. The van der Waals surface area contributed by atoms with Crippen molar-refractivity contribution in [1.82, 2.24) is 24.5 Å². The third-order valence-corrected chi connectivity index (χ3v) is 2.34. The number of nitrogens with zero attached hydrogens (tertiary/aromatic N) is 5. The third-order valence-electron chi connectivity index (χ3n) is 2.34. The van der Waals surface area contributed by atoms with Crippen molar-refractivity contribution in [3.05, 3.63) is 18.7 Å². The Labute approximate surface area is 94.1 Å². The molecule has 0 fully saturated rings. The van der Waals surface area contributed by atoms with E-state index < -0.39 is 0 Å². The van der Waals surface area contributed by atoms with Crippen molar-refractivity contribution in [2.24, 2.45) is 5.73 Å². The fraction of sp³-hybridized carbons (Fsp3) is 0.500. The highest BCUT2D eigenvalue weighted by molar-refractivity contribution is 5.51. The molecule has 2 aromatic rings. The smallest absolute Gasteiger partial charge is 0.131 e. The normalized spacial score (nSPS) is 10.9. The molecule has 86 valence electrons. The zero-order valence-electron chi connectivity index (χ0n) is 9.37. The summed E-state index contributed by atoms with van der Waals surface area (Å²) in [6, 6.07) is 0. The molecule has 0 spiro atoms. The molecule has 16 heavy (non-hydrogen) atoms. The Kier molecular flexibility index (Phi) is 3.31. The van der Waals surface area contributed by atoms with Gasteiger partial charge in [0, 0.05) is 13.1 Å². The van der Waals surface area contributed by atoms with Crippen LogP contribution >= 0.6 is 0 Å². The molecule has 0 saturated carbocycles. The molecule has 0 aromatic carbocycles. The van der Waals surface area contributed by atoms with Crippen LogP contribution in [0.5, 0.6) is 0 Å². The molecule has 0 amide bonds. The van der Waals surface area contributed by atoms with Gasteiger partial charge in [-0.15, -0.1) is 5.10 Å². The van der Waals surface area contributed by atoms with Crippen molar-refractivity contribution < 1.29 is 0 Å². The topological polar surface area (TPSA) is 74.5 Å². The quantitative estimate of drug-likeness (QED) is 0.796. The molecule has 0 radical (unpaired) electrons. The first-order valence-corrected chi connectivity index (χ1v) is 5.46. The van der Waals surface area contributed by atoms with E-state index >= 15 is 0 Å². The Hall–Kier alpha value is -1.69. The molecule has 0 atom stereocenters. The summed E-state index contributed by atoms with van der Waals surface area (Å²) >= 11 is 0. The number of rotatable bonds is 5. The summed E-state index contributed by atoms with van der Waals surface area (Å²) in [6.07, 6.45) is 6.60. The van der Waals surface area contributed by atoms with E-state index in [2.05, 4.69) is 26.8 Å². The predicted molar refractivity (Wildman–Crippen MR) is 60.6 cm³/mol. The molecule has 0 aliphatic rings. The van der Waals surface area contributed by atoms with Crippen LogP contribution in [0.3, 0.4) is 0 Å². The van der Waals surface area contributed by atoms with Gasteiger partial charge >= 0.3 is 0 Å². The number of hydrogen-bond donors (Lipinski definition) is 1. The van der Waals surface area contributed by atoms with Gasteiger partial charge in [0.25, 0.3) is 0 Å². The van der Waals surface area contributed by atoms with E-state index in [4.69, 9.17) is 5.73 Å². The van der Waals surface area contributed by atoms with E-state index in [-0.39, 0.29) is 0 Å². The molecule has 6 heteroatoms. The zero-order chi connectivity index (χ0) is 11.4. The maximum Gasteiger partial charge on any atom is 0.131 e. The summed E-state index contributed by atoms with van der Waals surface area (Å²) in [7, 11) is 0. The van der Waals surface area contributed by atoms with Crippen LogP contribution in [-0.4, -0.2) is 31.1 Å². The van der Waals surface area contributed by atoms with E-state index in [1.54, 1.807) is 4.68 Å². The minimum atomic E-state index is 0.566. The van der Waals surface area contributed by atoms with Crippen LogP contribution in [0.1, 0.15) is 13.3 Å². The maximum atomic E-state index is 5.46. The highest BCUT2D eigenvalue weighted by Gasteiger charge is 2.08. The highest BCUT2D eigenvalue weighted by atomic mass is 15.4. The van der Waals surface area contributed by atoms with Crippen molar-refractivity contribution in [2.45, 2.75) is 26.4 Å². The second kappa shape index (κ2) is 4.89. The number of hydrogen-bond acceptors (Lipinski definition) is 4. The molecular formula is C10H16N6. The second-order valence-electron chi connectivity index (χ2n) is 3.63. The lowest BCUT2D eigenvalue weighted by Crippen LogP contribution is -2.10. The molecule has 0 saturated heterocycles. The van der Waals surface area contributed by atoms with E-state index in [0.29, 0.717) is 13.1 Å². The van der Waals surface area contributed by atoms with Crippen molar-refractivity contribution in [3.8, 4) is 11.4 Å². The Morgan fingerprint density at radius 1 is 1.38 bits per heavy atom. The fourth-order valence-corrected chi connectivity index (χ4v) is 1.61. The number of aryl methyl sites for hydroxylation is 1. The van der Waals surface area contributed by atoms with Crippen LogP contribution < -0.4 is 5.73 Å². The zero-order valence-corrected chi connectivity index (χ0v) is 9.37. The van der Waals surface area contributed by atoms with Crippen molar-refractivity contribution in [3.63, 3.8) is 0 Å². The van der Waals surface area contributed by atoms with E-state index in [0.717, 1.165) is 24.4 Å². The van der Waals surface area contributed by atoms with Crippen LogP contribution in [0.25, 0.3) is 11.4 Å². The molecule has 0 aliphatic carbocycles. The number of imidazole rings is 1. The number of nitrogens with two attached hydrogens (primary N) is 1. The SMILES string of the molecule is CCCn1cncc1-c1cn(CCN)nn1. The van der Waals surface area contributed by atoms with Crippen LogP contribution in [-0.2, 0) is 13.1 Å². The Bertz CT molecular complexity index is 444. The molecule has 0 aliphatic heterocycles. The summed E-state index contributed by atoms with van der Waals surface area (Å²) < 4.78 is 3.83. The monoisotopic (exact) mass is 220 g/mol. The molecular weight excluding hydrogens is 204 g/mol. The summed E-state index contributed by atoms with van der Waals surface area (Å²) in [6.45, 7) is 4.33. The minimum absolute atomic E-state index is 0.566. The van der Waals surface area contributed by atoms with Crippen molar-refractivity contribution in [1.29, 1.82) is 0 Å². The van der Waals surface area contributed by atoms with Gasteiger partial charge < -0.3 is 10.3 Å². The average molecular weight is 220 g/mol. The number of aromatic nitrogens is 5. The first-order valence-electron chi connectivity index (χ1n) is 5.46. The van der Waals surface area contributed by atoms with Gasteiger partial charge in [-0.25, -0.2) is 4.98 Å². The van der Waals surface area contributed by atoms with E-state index in [1.165, 1.54) is 0 Å². The lowest BCUT2D eigenvalue weighted by Gasteiger charge is -2.02. The Balaban J connectivity index is 2.24. The lowest BCUT2D eigenvalue weighted by atomic mass is 10.3. The summed E-state index contributed by atoms with van der Waals surface area (Å²) in [5, 5.41) is 8.13. The van der Waals surface area contributed by atoms with Gasteiger partial charge in [-0.05, 0) is 6.42 Å². The van der Waals surface area contributed by atoms with Crippen LogP contribution in [0.4, 0.5) is 0 Å². The van der Waals surface area contributed by atoms with Gasteiger partial charge in [0.05, 0.1) is 31.0 Å². The minimum Gasteiger partial charge on any atom is -0.329 e. The Morgan fingerprint density at radius 2 is 2.25 bits per heavy atom. The van der Waals surface area contributed by atoms with Gasteiger partial charge in [-0.3, -0.25) is 4.68 Å². The standard InChI is InChI=1S/C10H16N6/c1-2-4-15-8-12-6-10(15)9-7-16(5-3-11)14-13-9/h6-8H,2-5,11H2,1H3. The van der Waals surface area contributed by atoms with Gasteiger partial charge in [0.1, 0.15) is 5.69 Å². The fourth-order valence-electron chi connectivity index (χ4n) is 1.61. The summed E-state index contributed by atoms with van der Waals surface area (Å²) in [5.41, 5.74) is 7.31. The van der Waals surface area contributed by atoms with Crippen LogP contribution in [0, 0.1) is 0 Å². The molecule has 2 heterocycles. The first-order chi connectivity index (χ1) is 7.85. The van der Waals surface area contributed by atoms with E-state index in [9.17, 15) is 0 Å². The predicted octanol–water partition coefficient (Wildman–Crippen LogP) is 0.510. The molecule has 2 rings (SSSR count). The molecule has 0 bridgehead atoms. The second-order valence-corrected chi connectivity index (χ2v) is 3.63. The third kappa shape index (κ3) is 2.11. The molecule has 2 N–H and O–H groups in total. The molecule has 0 unspecified atom stereocenters. The Morgan fingerprint density at radius 3 is 3.00 bits per heavy atom. The van der Waals surface area contributed by atoms with Gasteiger partial charge in [-0.1, -0.05) is 12.1 Å². The molecule has 2 aromatic heterocycles. The van der Waals surface area contributed by atoms with Crippen LogP contribution in [0.15, 0.2) is 18.7 Å². The average Bonchev–Trinajstić information content (AvgIpc) is 2.87. The van der Waals surface area contributed by atoms with Crippen LogP contribution in [0.2, 0.25) is 0 Å². The van der Waals surface area contributed by atoms with Gasteiger partial charge in [-0.2, -0.15) is 0 Å². The lowest BCUT2D eigenvalue weighted by molar-refractivity contribution is 0.598. The largest absolute Gasteiger partial charge is 0.329 e. The molecule has 6 nitrogen and oxygen atoms in total.